The first-order chi connectivity index (χ1) is 30.2. The van der Waals surface area contributed by atoms with E-state index in [1.54, 1.807) is 29.3 Å². The molecule has 5 rings (SSSR count). The average Bonchev–Trinajstić information content (AvgIpc) is 3.55. The number of allylic oxidation sites excluding steroid dienone is 1. The molecule has 0 spiro atoms. The van der Waals surface area contributed by atoms with Gasteiger partial charge in [0.2, 0.25) is 14.2 Å². The van der Waals surface area contributed by atoms with Crippen molar-refractivity contribution in [3.63, 3.8) is 0 Å². The van der Waals surface area contributed by atoms with Crippen molar-refractivity contribution in [3.05, 3.63) is 119 Å². The molecule has 2 aliphatic rings. The smallest absolute Gasteiger partial charge is 0.404 e. The van der Waals surface area contributed by atoms with Gasteiger partial charge in [0.1, 0.15) is 5.75 Å². The van der Waals surface area contributed by atoms with E-state index in [-0.39, 0.29) is 42.2 Å². The molecular weight excluding hydrogens is 820 g/mol. The number of unbranched alkanes of at least 4 members (excludes halogenated alkanes) is 5. The molecule has 2 aliphatic heterocycles. The minimum Gasteiger partial charge on any atom is -0.544 e. The number of nitrogens with zero attached hydrogens (tertiary/aromatic N) is 2. The van der Waals surface area contributed by atoms with Gasteiger partial charge in [-0.1, -0.05) is 82.9 Å². The molecule has 0 atom stereocenters. The maximum Gasteiger partial charge on any atom is 0.404 e. The number of benzene rings is 3. The van der Waals surface area contributed by atoms with Gasteiger partial charge in [-0.25, -0.2) is 14.2 Å². The van der Waals surface area contributed by atoms with Gasteiger partial charge < -0.3 is 34.4 Å². The molecule has 0 radical (unpaired) electrons. The molecule has 2 heterocycles. The normalized spacial score (nSPS) is 14.5. The molecule has 14 heteroatoms. The fourth-order valence-electron chi connectivity index (χ4n) is 6.59. The van der Waals surface area contributed by atoms with Crippen LogP contribution >= 0.6 is 0 Å². The number of hydrogen-bond donors (Lipinski definition) is 3. The predicted molar refractivity (Wildman–Crippen MR) is 248 cm³/mol. The van der Waals surface area contributed by atoms with Crippen molar-refractivity contribution >= 4 is 43.7 Å². The third-order valence-corrected chi connectivity index (χ3v) is 15.5. The van der Waals surface area contributed by atoms with Gasteiger partial charge in [-0.3, -0.25) is 14.5 Å². The quantitative estimate of drug-likeness (QED) is 0.0433. The Kier molecular flexibility index (Phi) is 18.3. The van der Waals surface area contributed by atoms with Crippen LogP contribution in [0, 0.1) is 5.82 Å². The number of aliphatic imine (C=N–C) groups is 1. The summed E-state index contributed by atoms with van der Waals surface area (Å²) in [5.74, 6) is 0.240. The van der Waals surface area contributed by atoms with E-state index < -0.39 is 20.2 Å². The van der Waals surface area contributed by atoms with E-state index in [1.165, 1.54) is 6.07 Å². The van der Waals surface area contributed by atoms with E-state index in [1.807, 2.05) is 60.7 Å². The van der Waals surface area contributed by atoms with Gasteiger partial charge in [0, 0.05) is 43.3 Å². The summed E-state index contributed by atoms with van der Waals surface area (Å²) in [5.41, 5.74) is 5.07. The van der Waals surface area contributed by atoms with Crippen LogP contribution in [0.4, 0.5) is 9.18 Å². The lowest BCUT2D eigenvalue weighted by Crippen LogP contribution is -2.43. The lowest BCUT2D eigenvalue weighted by atomic mass is 10.0. The Morgan fingerprint density at radius 2 is 1.54 bits per heavy atom. The monoisotopic (exact) mass is 882 g/mol. The van der Waals surface area contributed by atoms with Crippen LogP contribution in [0.15, 0.2) is 101 Å². The first-order valence-corrected chi connectivity index (χ1v) is 24.8. The van der Waals surface area contributed by atoms with E-state index in [2.05, 4.69) is 44.5 Å². The van der Waals surface area contributed by atoms with Crippen molar-refractivity contribution in [2.24, 2.45) is 4.99 Å². The van der Waals surface area contributed by atoms with Crippen LogP contribution in [-0.2, 0) is 25.5 Å². The molecule has 63 heavy (non-hydrogen) atoms. The molecule has 0 fully saturated rings. The van der Waals surface area contributed by atoms with Gasteiger partial charge in [0.25, 0.3) is 5.91 Å². The summed E-state index contributed by atoms with van der Waals surface area (Å²) in [6.45, 7) is 13.5. The Morgan fingerprint density at radius 3 is 2.24 bits per heavy atom. The molecule has 0 unspecified atom stereocenters. The van der Waals surface area contributed by atoms with Crippen molar-refractivity contribution in [1.82, 2.24) is 15.5 Å². The number of halogens is 1. The van der Waals surface area contributed by atoms with E-state index in [4.69, 9.17) is 28.7 Å². The van der Waals surface area contributed by atoms with Gasteiger partial charge in [-0.05, 0) is 90.7 Å². The lowest BCUT2D eigenvalue weighted by Gasteiger charge is -2.36. The summed E-state index contributed by atoms with van der Waals surface area (Å²) < 4.78 is 38.1. The molecule has 3 aromatic carbocycles. The number of rotatable bonds is 25. The second-order valence-electron chi connectivity index (χ2n) is 17.1. The summed E-state index contributed by atoms with van der Waals surface area (Å²) in [7, 11) is -2.02. The lowest BCUT2D eigenvalue weighted by molar-refractivity contribution is -0.122. The zero-order chi connectivity index (χ0) is 45.2. The second kappa shape index (κ2) is 23.8. The third kappa shape index (κ3) is 15.3. The van der Waals surface area contributed by atoms with Crippen LogP contribution in [0.1, 0.15) is 82.4 Å². The van der Waals surface area contributed by atoms with Gasteiger partial charge in [0.05, 0.1) is 50.1 Å². The molecule has 0 aliphatic carbocycles. The highest BCUT2D eigenvalue weighted by atomic mass is 28.4. The Morgan fingerprint density at radius 1 is 0.841 bits per heavy atom. The number of fused-ring (bicyclic) bond motifs is 1. The summed E-state index contributed by atoms with van der Waals surface area (Å²) in [6, 6.07) is 22.7. The Labute approximate surface area is 372 Å². The number of hydrogen-bond acceptors (Lipinski definition) is 8. The first-order valence-electron chi connectivity index (χ1n) is 21.9. The van der Waals surface area contributed by atoms with E-state index in [9.17, 15) is 14.4 Å². The van der Waals surface area contributed by atoms with E-state index >= 15 is 4.39 Å². The van der Waals surface area contributed by atoms with Crippen LogP contribution in [-0.4, -0.2) is 88.1 Å². The van der Waals surface area contributed by atoms with Gasteiger partial charge >= 0.3 is 6.09 Å². The van der Waals surface area contributed by atoms with Crippen LogP contribution in [0.25, 0.3) is 11.8 Å². The topological polar surface area (TPSA) is 148 Å². The minimum atomic E-state index is -2.02. The fourth-order valence-corrected chi connectivity index (χ4v) is 7.62. The Bertz CT molecular complexity index is 2130. The second-order valence-corrected chi connectivity index (χ2v) is 21.9. The van der Waals surface area contributed by atoms with Crippen molar-refractivity contribution in [3.8, 4) is 11.5 Å². The standard InChI is InChI=1S/C49H63FN4O8Si/c1-49(2,3)63(4,5)62-40-20-18-38(19-21-40)43-35-54-44(42(53-43)33-36-15-11-10-12-16-36)34-39(47(54)56)31-37-17-22-45(41(50)32-37)61-26-14-9-7-6-8-13-24-51-46(55)23-27-59-29-30-60-28-25-52-48(57)58/h10-12,15-22,31-32,34-35,52H,6-9,13-14,23-30,33H2,1-5H3,(H,51,55)(H,57,58). The number of carbonyl (C=O) groups excluding carboxylic acids is 2. The fraction of sp³-hybridized carbons (Fsp3) is 0.429. The highest BCUT2D eigenvalue weighted by Crippen LogP contribution is 2.38. The van der Waals surface area contributed by atoms with Crippen LogP contribution in [0.5, 0.6) is 11.5 Å². The number of carboxylic acid groups (broad SMARTS) is 1. The van der Waals surface area contributed by atoms with Gasteiger partial charge in [-0.15, -0.1) is 0 Å². The molecule has 3 aromatic rings. The van der Waals surface area contributed by atoms with Crippen molar-refractivity contribution < 1.29 is 42.5 Å². The maximum atomic E-state index is 15.3. The zero-order valence-electron chi connectivity index (χ0n) is 37.3. The maximum absolute atomic E-state index is 15.3. The molecule has 12 nitrogen and oxygen atoms in total. The SMILES string of the molecule is CC(C)(C)[Si](C)(C)Oc1ccc(C2=CN3C(=O)C(=Cc4ccc(OCCCCCCCCNC(=O)CCOCCOCCNC(=O)O)c(F)c4)C=C3C(Cc3ccccc3)=N2)cc1. The molecule has 3 amide bonds. The van der Waals surface area contributed by atoms with Crippen molar-refractivity contribution in [2.45, 2.75) is 90.3 Å². The molecule has 0 bridgehead atoms. The zero-order valence-corrected chi connectivity index (χ0v) is 38.3. The molecule has 0 aromatic heterocycles. The molecular formula is C49H63FN4O8Si. The molecule has 0 saturated carbocycles. The summed E-state index contributed by atoms with van der Waals surface area (Å²) in [6.07, 6.45) is 10.7. The number of amides is 3. The summed E-state index contributed by atoms with van der Waals surface area (Å²) in [4.78, 5) is 43.0. The number of nitrogens with one attached hydrogen (secondary N) is 2. The average molecular weight is 883 g/mol. The van der Waals surface area contributed by atoms with Gasteiger partial charge in [-0.2, -0.15) is 0 Å². The van der Waals surface area contributed by atoms with E-state index in [0.29, 0.717) is 61.9 Å². The highest BCUT2D eigenvalue weighted by molar-refractivity contribution is 6.74. The molecule has 3 N–H and O–H groups in total. The minimum absolute atomic E-state index is 0.0590. The highest BCUT2D eigenvalue weighted by Gasteiger charge is 2.39. The van der Waals surface area contributed by atoms with Crippen LogP contribution < -0.4 is 19.8 Å². The molecule has 338 valence electrons. The molecule has 0 saturated heterocycles. The Balaban J connectivity index is 1.05. The van der Waals surface area contributed by atoms with Crippen LogP contribution in [0.2, 0.25) is 18.1 Å². The van der Waals surface area contributed by atoms with E-state index in [0.717, 1.165) is 61.1 Å². The summed E-state index contributed by atoms with van der Waals surface area (Å²) in [5, 5.41) is 13.7. The number of carbonyl (C=O) groups is 3. The van der Waals surface area contributed by atoms with Gasteiger partial charge in [0.15, 0.2) is 11.6 Å². The number of ether oxygens (including phenoxy) is 3. The largest absolute Gasteiger partial charge is 0.544 e. The van der Waals surface area contributed by atoms with Crippen LogP contribution in [0.3, 0.4) is 0 Å². The first kappa shape index (κ1) is 48.5. The van der Waals surface area contributed by atoms with Crippen molar-refractivity contribution in [1.29, 1.82) is 0 Å². The van der Waals surface area contributed by atoms with Crippen molar-refractivity contribution in [2.75, 3.05) is 46.1 Å². The third-order valence-electron chi connectivity index (χ3n) is 11.2. The summed E-state index contributed by atoms with van der Waals surface area (Å²) >= 11 is 0. The Hall–Kier alpha value is -5.57. The predicted octanol–water partition coefficient (Wildman–Crippen LogP) is 9.54.